The van der Waals surface area contributed by atoms with Gasteiger partial charge in [0.05, 0.1) is 11.4 Å². The van der Waals surface area contributed by atoms with Gasteiger partial charge < -0.3 is 10.2 Å². The van der Waals surface area contributed by atoms with Crippen molar-refractivity contribution in [2.45, 2.75) is 25.3 Å². The van der Waals surface area contributed by atoms with Gasteiger partial charge >= 0.3 is 0 Å². The van der Waals surface area contributed by atoms with Crippen molar-refractivity contribution in [1.82, 2.24) is 0 Å². The molecule has 0 aromatic heterocycles. The highest BCUT2D eigenvalue weighted by Gasteiger charge is 2.56. The van der Waals surface area contributed by atoms with E-state index < -0.39 is 0 Å². The van der Waals surface area contributed by atoms with E-state index in [4.69, 9.17) is 11.6 Å². The van der Waals surface area contributed by atoms with E-state index >= 15 is 0 Å². The predicted octanol–water partition coefficient (Wildman–Crippen LogP) is 2.65. The minimum absolute atomic E-state index is 0.129. The van der Waals surface area contributed by atoms with Crippen molar-refractivity contribution in [1.29, 1.82) is 0 Å². The first-order valence-electron chi connectivity index (χ1n) is 5.56. The Morgan fingerprint density at radius 3 is 2.88 bits per heavy atom. The fourth-order valence-corrected chi connectivity index (χ4v) is 2.68. The second kappa shape index (κ2) is 3.14. The van der Waals surface area contributed by atoms with Crippen molar-refractivity contribution in [3.05, 3.63) is 23.2 Å². The van der Waals surface area contributed by atoms with Gasteiger partial charge in [-0.05, 0) is 38.0 Å². The number of fused-ring (bicyclic) bond motifs is 1. The molecule has 16 heavy (non-hydrogen) atoms. The summed E-state index contributed by atoms with van der Waals surface area (Å²) in [4.78, 5) is 14.2. The van der Waals surface area contributed by atoms with E-state index in [2.05, 4.69) is 17.1 Å². The van der Waals surface area contributed by atoms with Gasteiger partial charge in [0.15, 0.2) is 0 Å². The molecule has 0 radical (unpaired) electrons. The van der Waals surface area contributed by atoms with E-state index in [1.165, 1.54) is 0 Å². The zero-order valence-corrected chi connectivity index (χ0v) is 9.84. The van der Waals surface area contributed by atoms with Crippen LogP contribution in [-0.2, 0) is 4.79 Å². The lowest BCUT2D eigenvalue weighted by molar-refractivity contribution is -0.118. The van der Waals surface area contributed by atoms with E-state index in [9.17, 15) is 4.79 Å². The summed E-state index contributed by atoms with van der Waals surface area (Å²) in [6.07, 6.45) is 1.89. The zero-order valence-electron chi connectivity index (χ0n) is 9.09. The van der Waals surface area contributed by atoms with Crippen molar-refractivity contribution >= 4 is 28.9 Å². The Bertz CT molecular complexity index is 468. The maximum Gasteiger partial charge on any atom is 0.250 e. The number of rotatable bonds is 1. The number of hydrogen-bond acceptors (Lipinski definition) is 2. The minimum Gasteiger partial charge on any atom is -0.356 e. The monoisotopic (exact) mass is 236 g/mol. The summed E-state index contributed by atoms with van der Waals surface area (Å²) in [6, 6.07) is 5.60. The molecule has 3 nitrogen and oxygen atoms in total. The molecule has 0 unspecified atom stereocenters. The third kappa shape index (κ3) is 1.18. The van der Waals surface area contributed by atoms with Crippen LogP contribution in [0, 0.1) is 0 Å². The standard InChI is InChI=1S/C12H13ClN2O/c1-2-15-10-7-8(13)3-4-9(10)14-11(16)12(15)5-6-12/h3-4,7H,2,5-6H2,1H3,(H,14,16). The lowest BCUT2D eigenvalue weighted by Crippen LogP contribution is -2.50. The van der Waals surface area contributed by atoms with Gasteiger partial charge in [-0.2, -0.15) is 0 Å². The summed E-state index contributed by atoms with van der Waals surface area (Å²) < 4.78 is 0. The number of anilines is 2. The highest BCUT2D eigenvalue weighted by Crippen LogP contribution is 2.50. The Morgan fingerprint density at radius 2 is 2.25 bits per heavy atom. The number of carbonyl (C=O) groups is 1. The summed E-state index contributed by atoms with van der Waals surface area (Å²) in [6.45, 7) is 2.91. The van der Waals surface area contributed by atoms with E-state index in [1.54, 1.807) is 6.07 Å². The second-order valence-electron chi connectivity index (χ2n) is 4.39. The van der Waals surface area contributed by atoms with Crippen molar-refractivity contribution in [3.8, 4) is 0 Å². The molecule has 0 bridgehead atoms. The molecule has 2 aliphatic rings. The molecule has 1 amide bonds. The molecule has 1 N–H and O–H groups in total. The average Bonchev–Trinajstić information content (AvgIpc) is 3.03. The number of halogens is 1. The van der Waals surface area contributed by atoms with Gasteiger partial charge in [-0.15, -0.1) is 0 Å². The highest BCUT2D eigenvalue weighted by molar-refractivity contribution is 6.31. The first kappa shape index (κ1) is 9.97. The van der Waals surface area contributed by atoms with Gasteiger partial charge in [0, 0.05) is 11.6 Å². The Kier molecular flexibility index (Phi) is 1.96. The van der Waals surface area contributed by atoms with Crippen LogP contribution < -0.4 is 10.2 Å². The van der Waals surface area contributed by atoms with Crippen LogP contribution in [0.15, 0.2) is 18.2 Å². The van der Waals surface area contributed by atoms with Gasteiger partial charge in [0.1, 0.15) is 5.54 Å². The van der Waals surface area contributed by atoms with Crippen molar-refractivity contribution in [2.75, 3.05) is 16.8 Å². The summed E-state index contributed by atoms with van der Waals surface area (Å²) >= 11 is 6.01. The fourth-order valence-electron chi connectivity index (χ4n) is 2.51. The average molecular weight is 237 g/mol. The number of benzene rings is 1. The highest BCUT2D eigenvalue weighted by atomic mass is 35.5. The molecule has 1 heterocycles. The molecule has 3 rings (SSSR count). The van der Waals surface area contributed by atoms with Gasteiger partial charge in [-0.25, -0.2) is 0 Å². The third-order valence-corrected chi connectivity index (χ3v) is 3.71. The third-order valence-electron chi connectivity index (χ3n) is 3.48. The molecule has 1 aliphatic carbocycles. The van der Waals surface area contributed by atoms with E-state index in [0.717, 1.165) is 30.8 Å². The van der Waals surface area contributed by atoms with Crippen LogP contribution in [0.3, 0.4) is 0 Å². The smallest absolute Gasteiger partial charge is 0.250 e. The Labute approximate surface area is 99.4 Å². The van der Waals surface area contributed by atoms with Crippen molar-refractivity contribution in [3.63, 3.8) is 0 Å². The molecule has 1 saturated carbocycles. The van der Waals surface area contributed by atoms with Gasteiger partial charge in [-0.3, -0.25) is 4.79 Å². The first-order chi connectivity index (χ1) is 7.67. The SMILES string of the molecule is CCN1c2cc(Cl)ccc2NC(=O)C12CC2. The van der Waals surface area contributed by atoms with Crippen LogP contribution >= 0.6 is 11.6 Å². The number of likely N-dealkylation sites (N-methyl/N-ethyl adjacent to an activating group) is 1. The molecule has 84 valence electrons. The number of amides is 1. The number of nitrogens with one attached hydrogen (secondary N) is 1. The maximum absolute atomic E-state index is 12.0. The molecule has 1 aromatic carbocycles. The zero-order chi connectivity index (χ0) is 11.3. The molecule has 4 heteroatoms. The summed E-state index contributed by atoms with van der Waals surface area (Å²) in [5.41, 5.74) is 1.63. The van der Waals surface area contributed by atoms with Crippen LogP contribution in [0.2, 0.25) is 5.02 Å². The Hall–Kier alpha value is -1.22. The number of hydrogen-bond donors (Lipinski definition) is 1. The predicted molar refractivity (Wildman–Crippen MR) is 65.1 cm³/mol. The van der Waals surface area contributed by atoms with Crippen LogP contribution in [0.1, 0.15) is 19.8 Å². The summed E-state index contributed by atoms with van der Waals surface area (Å²) in [5, 5.41) is 3.68. The van der Waals surface area contributed by atoms with E-state index in [-0.39, 0.29) is 11.4 Å². The van der Waals surface area contributed by atoms with Gasteiger partial charge in [0.2, 0.25) is 5.91 Å². The van der Waals surface area contributed by atoms with Crippen molar-refractivity contribution < 1.29 is 4.79 Å². The first-order valence-corrected chi connectivity index (χ1v) is 5.94. The Morgan fingerprint density at radius 1 is 1.50 bits per heavy atom. The minimum atomic E-state index is -0.285. The van der Waals surface area contributed by atoms with Crippen molar-refractivity contribution in [2.24, 2.45) is 0 Å². The van der Waals surface area contributed by atoms with E-state index in [1.807, 2.05) is 12.1 Å². The number of nitrogens with zero attached hydrogens (tertiary/aromatic N) is 1. The van der Waals surface area contributed by atoms with Gasteiger partial charge in [-0.1, -0.05) is 11.6 Å². The summed E-state index contributed by atoms with van der Waals surface area (Å²) in [5.74, 6) is 0.129. The molecule has 1 aromatic rings. The molecule has 1 aliphatic heterocycles. The number of carbonyl (C=O) groups excluding carboxylic acids is 1. The van der Waals surface area contributed by atoms with E-state index in [0.29, 0.717) is 5.02 Å². The van der Waals surface area contributed by atoms with Crippen LogP contribution in [0.25, 0.3) is 0 Å². The molecule has 0 atom stereocenters. The normalized spacial score (nSPS) is 20.6. The Balaban J connectivity index is 2.14. The topological polar surface area (TPSA) is 32.3 Å². The fraction of sp³-hybridized carbons (Fsp3) is 0.417. The van der Waals surface area contributed by atoms with Gasteiger partial charge in [0.25, 0.3) is 0 Å². The molecule has 0 saturated heterocycles. The quantitative estimate of drug-likeness (QED) is 0.813. The van der Waals surface area contributed by atoms with Crippen LogP contribution in [-0.4, -0.2) is 18.0 Å². The molecular weight excluding hydrogens is 224 g/mol. The molecule has 1 spiro atoms. The lowest BCUT2D eigenvalue weighted by atomic mass is 10.1. The maximum atomic E-state index is 12.0. The van der Waals surface area contributed by atoms with Crippen LogP contribution in [0.4, 0.5) is 11.4 Å². The molecule has 1 fully saturated rings. The summed E-state index contributed by atoms with van der Waals surface area (Å²) in [7, 11) is 0. The largest absolute Gasteiger partial charge is 0.356 e. The lowest BCUT2D eigenvalue weighted by Gasteiger charge is -2.38. The second-order valence-corrected chi connectivity index (χ2v) is 4.83. The van der Waals surface area contributed by atoms with Crippen LogP contribution in [0.5, 0.6) is 0 Å². The molecular formula is C12H13ClN2O.